The number of benzene rings is 1. The largest absolute Gasteiger partial charge is 0.355 e. The van der Waals surface area contributed by atoms with Crippen molar-refractivity contribution in [2.24, 2.45) is 5.92 Å². The summed E-state index contributed by atoms with van der Waals surface area (Å²) in [4.78, 5) is 14.6. The van der Waals surface area contributed by atoms with E-state index in [-0.39, 0.29) is 5.91 Å². The lowest BCUT2D eigenvalue weighted by Gasteiger charge is -2.33. The Morgan fingerprint density at radius 3 is 2.37 bits per heavy atom. The highest BCUT2D eigenvalue weighted by molar-refractivity contribution is 7.89. The van der Waals surface area contributed by atoms with Gasteiger partial charge >= 0.3 is 0 Å². The molecule has 1 fully saturated rings. The van der Waals surface area contributed by atoms with Crippen LogP contribution in [0, 0.1) is 5.92 Å². The maximum Gasteiger partial charge on any atom is 0.243 e. The summed E-state index contributed by atoms with van der Waals surface area (Å²) in [6.45, 7) is 7.40. The first-order valence-corrected chi connectivity index (χ1v) is 11.5. The molecule has 0 unspecified atom stereocenters. The van der Waals surface area contributed by atoms with Gasteiger partial charge in [-0.2, -0.15) is 4.31 Å². The number of nitrogens with zero attached hydrogens (tertiary/aromatic N) is 2. The third kappa shape index (κ3) is 6.59. The lowest BCUT2D eigenvalue weighted by atomic mass is 9.99. The molecular formula is C20H33N3O3S. The minimum Gasteiger partial charge on any atom is -0.355 e. The highest BCUT2D eigenvalue weighted by Crippen LogP contribution is 2.17. The van der Waals surface area contributed by atoms with E-state index < -0.39 is 10.0 Å². The number of hydrogen-bond donors (Lipinski definition) is 1. The zero-order valence-corrected chi connectivity index (χ0v) is 17.4. The molecule has 1 saturated heterocycles. The molecule has 0 aliphatic carbocycles. The van der Waals surface area contributed by atoms with Crippen molar-refractivity contribution in [3.8, 4) is 0 Å². The molecule has 1 aliphatic rings. The number of piperazine rings is 1. The van der Waals surface area contributed by atoms with E-state index in [1.807, 2.05) is 4.90 Å². The number of sulfonamides is 1. The number of carbonyl (C=O) groups excluding carboxylic acids is 1. The van der Waals surface area contributed by atoms with Crippen molar-refractivity contribution in [3.63, 3.8) is 0 Å². The van der Waals surface area contributed by atoms with Crippen molar-refractivity contribution >= 4 is 15.9 Å². The maximum absolute atomic E-state index is 12.6. The fourth-order valence-electron chi connectivity index (χ4n) is 3.33. The van der Waals surface area contributed by atoms with Gasteiger partial charge in [-0.05, 0) is 24.5 Å². The molecule has 0 radical (unpaired) electrons. The van der Waals surface area contributed by atoms with Gasteiger partial charge < -0.3 is 5.32 Å². The summed E-state index contributed by atoms with van der Waals surface area (Å²) in [7, 11) is -3.44. The minimum atomic E-state index is -3.44. The second-order valence-corrected chi connectivity index (χ2v) is 9.15. The Balaban J connectivity index is 1.76. The number of hydrogen-bond acceptors (Lipinski definition) is 4. The van der Waals surface area contributed by atoms with Gasteiger partial charge in [0.25, 0.3) is 0 Å². The molecule has 1 N–H and O–H groups in total. The van der Waals surface area contributed by atoms with Gasteiger partial charge in [-0.15, -0.1) is 0 Å². The molecule has 27 heavy (non-hydrogen) atoms. The maximum atomic E-state index is 12.6. The van der Waals surface area contributed by atoms with Crippen molar-refractivity contribution < 1.29 is 13.2 Å². The van der Waals surface area contributed by atoms with Crippen LogP contribution in [-0.4, -0.2) is 62.8 Å². The van der Waals surface area contributed by atoms with Crippen LogP contribution in [0.5, 0.6) is 0 Å². The van der Waals surface area contributed by atoms with Crippen LogP contribution in [0.15, 0.2) is 35.2 Å². The molecule has 2 rings (SSSR count). The molecular weight excluding hydrogens is 362 g/mol. The van der Waals surface area contributed by atoms with Crippen LogP contribution in [0.4, 0.5) is 0 Å². The number of unbranched alkanes of at least 4 members (excludes halogenated alkanes) is 1. The average molecular weight is 396 g/mol. The van der Waals surface area contributed by atoms with Gasteiger partial charge in [0.2, 0.25) is 15.9 Å². The van der Waals surface area contributed by atoms with Crippen molar-refractivity contribution in [1.82, 2.24) is 14.5 Å². The predicted molar refractivity (Wildman–Crippen MR) is 108 cm³/mol. The van der Waals surface area contributed by atoms with E-state index >= 15 is 0 Å². The van der Waals surface area contributed by atoms with Crippen molar-refractivity contribution in [3.05, 3.63) is 30.3 Å². The van der Waals surface area contributed by atoms with Crippen molar-refractivity contribution in [2.75, 3.05) is 39.3 Å². The number of carbonyl (C=O) groups is 1. The van der Waals surface area contributed by atoms with Crippen LogP contribution >= 0.6 is 0 Å². The molecule has 1 atom stereocenters. The first-order valence-electron chi connectivity index (χ1n) is 10.0. The molecule has 1 amide bonds. The van der Waals surface area contributed by atoms with Crippen LogP contribution in [0.2, 0.25) is 0 Å². The van der Waals surface area contributed by atoms with Crippen LogP contribution < -0.4 is 5.32 Å². The Hall–Kier alpha value is -1.44. The van der Waals surface area contributed by atoms with Gasteiger partial charge in [-0.3, -0.25) is 9.69 Å². The first kappa shape index (κ1) is 21.9. The molecule has 1 aliphatic heterocycles. The Morgan fingerprint density at radius 1 is 1.11 bits per heavy atom. The molecule has 1 heterocycles. The molecule has 7 heteroatoms. The third-order valence-corrected chi connectivity index (χ3v) is 7.12. The second-order valence-electron chi connectivity index (χ2n) is 7.21. The van der Waals surface area contributed by atoms with E-state index in [4.69, 9.17) is 0 Å². The number of nitrogens with one attached hydrogen (secondary N) is 1. The molecule has 0 saturated carbocycles. The SMILES string of the molecule is CCCC[C@@H](CC)CNC(=O)CN1CCN(S(=O)(=O)c2ccccc2)CC1. The van der Waals surface area contributed by atoms with Gasteiger partial charge in [-0.1, -0.05) is 51.3 Å². The Morgan fingerprint density at radius 2 is 1.78 bits per heavy atom. The lowest BCUT2D eigenvalue weighted by Crippen LogP contribution is -2.51. The number of rotatable bonds is 10. The smallest absolute Gasteiger partial charge is 0.243 e. The summed E-state index contributed by atoms with van der Waals surface area (Å²) in [5.74, 6) is 0.575. The molecule has 6 nitrogen and oxygen atoms in total. The van der Waals surface area contributed by atoms with Gasteiger partial charge in [0.05, 0.1) is 11.4 Å². The van der Waals surface area contributed by atoms with E-state index in [2.05, 4.69) is 19.2 Å². The van der Waals surface area contributed by atoms with E-state index in [9.17, 15) is 13.2 Å². The van der Waals surface area contributed by atoms with E-state index in [1.165, 1.54) is 17.1 Å². The van der Waals surface area contributed by atoms with Crippen LogP contribution in [0.1, 0.15) is 39.5 Å². The zero-order chi connectivity index (χ0) is 19.7. The topological polar surface area (TPSA) is 69.7 Å². The summed E-state index contributed by atoms with van der Waals surface area (Å²) >= 11 is 0. The van der Waals surface area contributed by atoms with Crippen molar-refractivity contribution in [2.45, 2.75) is 44.4 Å². The second kappa shape index (κ2) is 10.8. The summed E-state index contributed by atoms with van der Waals surface area (Å²) in [6, 6.07) is 8.52. The monoisotopic (exact) mass is 395 g/mol. The molecule has 152 valence electrons. The summed E-state index contributed by atoms with van der Waals surface area (Å²) in [5.41, 5.74) is 0. The van der Waals surface area contributed by atoms with Gasteiger partial charge in [0.15, 0.2) is 0 Å². The van der Waals surface area contributed by atoms with Gasteiger partial charge in [0, 0.05) is 32.7 Å². The molecule has 0 bridgehead atoms. The van der Waals surface area contributed by atoms with Gasteiger partial charge in [-0.25, -0.2) is 8.42 Å². The van der Waals surface area contributed by atoms with E-state index in [1.54, 1.807) is 30.3 Å². The highest BCUT2D eigenvalue weighted by atomic mass is 32.2. The number of amides is 1. The quantitative estimate of drug-likeness (QED) is 0.660. The predicted octanol–water partition coefficient (Wildman–Crippen LogP) is 2.33. The first-order chi connectivity index (χ1) is 13.0. The summed E-state index contributed by atoms with van der Waals surface area (Å²) < 4.78 is 26.8. The average Bonchev–Trinajstić information content (AvgIpc) is 2.69. The van der Waals surface area contributed by atoms with Crippen molar-refractivity contribution in [1.29, 1.82) is 0 Å². The molecule has 0 aromatic heterocycles. The minimum absolute atomic E-state index is 0.0318. The lowest BCUT2D eigenvalue weighted by molar-refractivity contribution is -0.122. The molecule has 0 spiro atoms. The van der Waals surface area contributed by atoms with E-state index in [0.717, 1.165) is 19.4 Å². The third-order valence-electron chi connectivity index (χ3n) is 5.21. The standard InChI is InChI=1S/C20H33N3O3S/c1-3-5-9-18(4-2)16-21-20(24)17-22-12-14-23(15-13-22)27(25,26)19-10-7-6-8-11-19/h6-8,10-11,18H,3-5,9,12-17H2,1-2H3,(H,21,24)/t18-/m1/s1. The van der Waals surface area contributed by atoms with Crippen LogP contribution in [0.25, 0.3) is 0 Å². The van der Waals surface area contributed by atoms with Crippen LogP contribution in [-0.2, 0) is 14.8 Å². The summed E-state index contributed by atoms with van der Waals surface area (Å²) in [5, 5.41) is 3.04. The Kier molecular flexibility index (Phi) is 8.73. The summed E-state index contributed by atoms with van der Waals surface area (Å²) in [6.07, 6.45) is 4.62. The molecule has 1 aromatic carbocycles. The Bertz CT molecular complexity index is 671. The zero-order valence-electron chi connectivity index (χ0n) is 16.6. The molecule has 1 aromatic rings. The normalized spacial score (nSPS) is 17.6. The van der Waals surface area contributed by atoms with Crippen LogP contribution in [0.3, 0.4) is 0 Å². The fourth-order valence-corrected chi connectivity index (χ4v) is 4.77. The van der Waals surface area contributed by atoms with Gasteiger partial charge in [0.1, 0.15) is 0 Å². The highest BCUT2D eigenvalue weighted by Gasteiger charge is 2.28. The Labute approximate surface area is 164 Å². The van der Waals surface area contributed by atoms with E-state index in [0.29, 0.717) is 43.5 Å². The fraction of sp³-hybridized carbons (Fsp3) is 0.650.